The van der Waals surface area contributed by atoms with Gasteiger partial charge in [-0.05, 0) is 25.2 Å². The molecule has 1 amide bonds. The molecule has 3 unspecified atom stereocenters. The van der Waals surface area contributed by atoms with Gasteiger partial charge < -0.3 is 4.90 Å². The second-order valence-corrected chi connectivity index (χ2v) is 4.80. The van der Waals surface area contributed by atoms with Crippen molar-refractivity contribution in [2.75, 3.05) is 6.54 Å². The molecule has 3 atom stereocenters. The molecular formula is C13H18NO2. The van der Waals surface area contributed by atoms with E-state index in [9.17, 15) is 9.59 Å². The molecule has 87 valence electrons. The summed E-state index contributed by atoms with van der Waals surface area (Å²) in [5, 5.41) is 0. The van der Waals surface area contributed by atoms with Gasteiger partial charge >= 0.3 is 0 Å². The lowest BCUT2D eigenvalue weighted by Crippen LogP contribution is -2.52. The number of amides is 1. The molecule has 2 rings (SSSR count). The molecule has 3 nitrogen and oxygen atoms in total. The van der Waals surface area contributed by atoms with Crippen molar-refractivity contribution in [1.82, 2.24) is 4.90 Å². The Hall–Kier alpha value is -1.12. The zero-order chi connectivity index (χ0) is 11.5. The molecule has 0 aromatic heterocycles. The summed E-state index contributed by atoms with van der Waals surface area (Å²) in [5.41, 5.74) is 0. The standard InChI is InChI=1S/C13H18NO2/c1-2-7-14-11(9-15)8-10-5-3-4-6-12(10)13(14)16/h2,10-12H,1,3-8H2. The Labute approximate surface area is 96.5 Å². The highest BCUT2D eigenvalue weighted by atomic mass is 16.2. The molecule has 3 heteroatoms. The normalized spacial score (nSPS) is 34.4. The van der Waals surface area contributed by atoms with Crippen molar-refractivity contribution in [3.8, 4) is 0 Å². The van der Waals surface area contributed by atoms with Crippen LogP contribution in [0.1, 0.15) is 32.1 Å². The van der Waals surface area contributed by atoms with Crippen LogP contribution in [0.4, 0.5) is 0 Å². The third-order valence-electron chi connectivity index (χ3n) is 3.87. The SMILES string of the molecule is C=CCN1C(=O)C2CCCCC2CC1[C]=O. The van der Waals surface area contributed by atoms with Crippen molar-refractivity contribution < 1.29 is 9.59 Å². The Morgan fingerprint density at radius 3 is 2.88 bits per heavy atom. The molecule has 0 N–H and O–H groups in total. The van der Waals surface area contributed by atoms with Gasteiger partial charge in [-0.1, -0.05) is 18.9 Å². The summed E-state index contributed by atoms with van der Waals surface area (Å²) in [6.45, 7) is 4.11. The minimum absolute atomic E-state index is 0.143. The van der Waals surface area contributed by atoms with E-state index in [0.29, 0.717) is 12.5 Å². The Kier molecular flexibility index (Phi) is 3.42. The molecule has 0 bridgehead atoms. The van der Waals surface area contributed by atoms with Crippen molar-refractivity contribution in [2.24, 2.45) is 11.8 Å². The molecule has 1 saturated heterocycles. The van der Waals surface area contributed by atoms with E-state index in [1.165, 1.54) is 6.42 Å². The molecule has 1 saturated carbocycles. The number of carbonyl (C=O) groups is 1. The summed E-state index contributed by atoms with van der Waals surface area (Å²) in [5.74, 6) is 0.705. The van der Waals surface area contributed by atoms with E-state index in [1.54, 1.807) is 11.0 Å². The van der Waals surface area contributed by atoms with E-state index < -0.39 is 0 Å². The van der Waals surface area contributed by atoms with Crippen LogP contribution in [0.25, 0.3) is 0 Å². The number of likely N-dealkylation sites (tertiary alicyclic amines) is 1. The van der Waals surface area contributed by atoms with E-state index in [0.717, 1.165) is 25.7 Å². The fourth-order valence-corrected chi connectivity index (χ4v) is 3.06. The highest BCUT2D eigenvalue weighted by molar-refractivity contribution is 5.84. The molecule has 0 spiro atoms. The summed E-state index contributed by atoms with van der Waals surface area (Å²) in [7, 11) is 0. The number of carbonyl (C=O) groups excluding carboxylic acids is 2. The second-order valence-electron chi connectivity index (χ2n) is 4.80. The van der Waals surface area contributed by atoms with Crippen molar-refractivity contribution in [2.45, 2.75) is 38.1 Å². The van der Waals surface area contributed by atoms with Crippen LogP contribution < -0.4 is 0 Å². The van der Waals surface area contributed by atoms with Gasteiger partial charge in [0.05, 0.1) is 6.04 Å². The van der Waals surface area contributed by atoms with E-state index >= 15 is 0 Å². The van der Waals surface area contributed by atoms with Gasteiger partial charge in [-0.2, -0.15) is 0 Å². The molecule has 1 heterocycles. The Bertz CT molecular complexity index is 300. The van der Waals surface area contributed by atoms with Gasteiger partial charge in [0.15, 0.2) is 0 Å². The van der Waals surface area contributed by atoms with Crippen molar-refractivity contribution in [3.05, 3.63) is 12.7 Å². The van der Waals surface area contributed by atoms with Gasteiger partial charge in [0.25, 0.3) is 0 Å². The van der Waals surface area contributed by atoms with Gasteiger partial charge in [0.1, 0.15) is 0 Å². The zero-order valence-corrected chi connectivity index (χ0v) is 9.52. The lowest BCUT2D eigenvalue weighted by molar-refractivity contribution is -0.144. The number of rotatable bonds is 3. The van der Waals surface area contributed by atoms with Crippen LogP contribution in [0.15, 0.2) is 12.7 Å². The minimum atomic E-state index is -0.343. The first-order valence-electron chi connectivity index (χ1n) is 6.07. The van der Waals surface area contributed by atoms with E-state index in [1.807, 2.05) is 6.29 Å². The molecule has 0 aromatic carbocycles. The number of hydrogen-bond acceptors (Lipinski definition) is 2. The first-order valence-corrected chi connectivity index (χ1v) is 6.07. The molecular weight excluding hydrogens is 202 g/mol. The predicted molar refractivity (Wildman–Crippen MR) is 61.5 cm³/mol. The first kappa shape index (κ1) is 11.4. The molecule has 0 aromatic rings. The molecule has 1 radical (unpaired) electrons. The van der Waals surface area contributed by atoms with Crippen molar-refractivity contribution >= 4 is 12.2 Å². The van der Waals surface area contributed by atoms with Gasteiger partial charge in [0, 0.05) is 12.5 Å². The van der Waals surface area contributed by atoms with E-state index in [4.69, 9.17) is 0 Å². The predicted octanol–water partition coefficient (Wildman–Crippen LogP) is 1.69. The van der Waals surface area contributed by atoms with Crippen LogP contribution in [0, 0.1) is 11.8 Å². The average molecular weight is 220 g/mol. The van der Waals surface area contributed by atoms with Crippen LogP contribution in [0.3, 0.4) is 0 Å². The summed E-state index contributed by atoms with van der Waals surface area (Å²) in [6, 6.07) is -0.343. The number of nitrogens with zero attached hydrogens (tertiary/aromatic N) is 1. The molecule has 2 aliphatic rings. The average Bonchev–Trinajstić information content (AvgIpc) is 2.33. The smallest absolute Gasteiger partial charge is 0.226 e. The maximum absolute atomic E-state index is 12.2. The monoisotopic (exact) mass is 220 g/mol. The zero-order valence-electron chi connectivity index (χ0n) is 9.52. The molecule has 1 aliphatic heterocycles. The molecule has 1 aliphatic carbocycles. The van der Waals surface area contributed by atoms with Gasteiger partial charge in [-0.3, -0.25) is 9.59 Å². The molecule has 16 heavy (non-hydrogen) atoms. The summed E-state index contributed by atoms with van der Waals surface area (Å²) in [6.07, 6.45) is 8.92. The second kappa shape index (κ2) is 4.81. The van der Waals surface area contributed by atoms with E-state index in [-0.39, 0.29) is 17.9 Å². The van der Waals surface area contributed by atoms with Crippen LogP contribution in [0.2, 0.25) is 0 Å². The first-order chi connectivity index (χ1) is 7.77. The quantitative estimate of drug-likeness (QED) is 0.679. The summed E-state index contributed by atoms with van der Waals surface area (Å²) >= 11 is 0. The maximum atomic E-state index is 12.2. The topological polar surface area (TPSA) is 37.4 Å². The Morgan fingerprint density at radius 1 is 1.44 bits per heavy atom. The van der Waals surface area contributed by atoms with Crippen LogP contribution in [-0.2, 0) is 9.59 Å². The highest BCUT2D eigenvalue weighted by Gasteiger charge is 2.42. The fraction of sp³-hybridized carbons (Fsp3) is 0.692. The number of hydrogen-bond donors (Lipinski definition) is 0. The number of piperidine rings is 1. The summed E-state index contributed by atoms with van der Waals surface area (Å²) in [4.78, 5) is 24.8. The van der Waals surface area contributed by atoms with E-state index in [2.05, 4.69) is 6.58 Å². The Morgan fingerprint density at radius 2 is 2.19 bits per heavy atom. The number of fused-ring (bicyclic) bond motifs is 1. The lowest BCUT2D eigenvalue weighted by atomic mass is 9.72. The van der Waals surface area contributed by atoms with Gasteiger partial charge in [-0.15, -0.1) is 6.58 Å². The third-order valence-corrected chi connectivity index (χ3v) is 3.87. The van der Waals surface area contributed by atoms with Crippen LogP contribution >= 0.6 is 0 Å². The fourth-order valence-electron chi connectivity index (χ4n) is 3.06. The Balaban J connectivity index is 2.16. The molecule has 2 fully saturated rings. The van der Waals surface area contributed by atoms with Crippen molar-refractivity contribution in [3.63, 3.8) is 0 Å². The van der Waals surface area contributed by atoms with Crippen LogP contribution in [0.5, 0.6) is 0 Å². The minimum Gasteiger partial charge on any atom is -0.328 e. The summed E-state index contributed by atoms with van der Waals surface area (Å²) < 4.78 is 0. The lowest BCUT2D eigenvalue weighted by Gasteiger charge is -2.43. The largest absolute Gasteiger partial charge is 0.328 e. The van der Waals surface area contributed by atoms with Crippen LogP contribution in [-0.4, -0.2) is 29.7 Å². The van der Waals surface area contributed by atoms with Gasteiger partial charge in [0.2, 0.25) is 12.2 Å². The van der Waals surface area contributed by atoms with Crippen molar-refractivity contribution in [1.29, 1.82) is 0 Å². The third kappa shape index (κ3) is 1.91. The highest BCUT2D eigenvalue weighted by Crippen LogP contribution is 2.38. The maximum Gasteiger partial charge on any atom is 0.226 e. The van der Waals surface area contributed by atoms with Gasteiger partial charge in [-0.25, -0.2) is 0 Å².